The van der Waals surface area contributed by atoms with E-state index < -0.39 is 5.97 Å². The van der Waals surface area contributed by atoms with E-state index in [1.165, 1.54) is 12.1 Å². The van der Waals surface area contributed by atoms with E-state index in [9.17, 15) is 9.59 Å². The van der Waals surface area contributed by atoms with Crippen molar-refractivity contribution in [1.82, 2.24) is 0 Å². The third-order valence-electron chi connectivity index (χ3n) is 3.70. The number of hydrogen-bond donors (Lipinski definition) is 3. The summed E-state index contributed by atoms with van der Waals surface area (Å²) in [5, 5.41) is 16.3. The molecule has 0 saturated heterocycles. The van der Waals surface area contributed by atoms with Gasteiger partial charge in [0.2, 0.25) is 5.91 Å². The van der Waals surface area contributed by atoms with Crippen molar-refractivity contribution in [3.05, 3.63) is 58.1 Å². The number of nitrogens with zero attached hydrogens (tertiary/aromatic N) is 1. The largest absolute Gasteiger partial charge is 0.478 e. The van der Waals surface area contributed by atoms with Crippen LogP contribution in [-0.4, -0.2) is 22.7 Å². The summed E-state index contributed by atoms with van der Waals surface area (Å²) in [6.45, 7) is 1.83. The Balaban J connectivity index is 1.80. The van der Waals surface area contributed by atoms with E-state index in [2.05, 4.69) is 15.8 Å². The highest BCUT2D eigenvalue weighted by atomic mass is 35.5. The van der Waals surface area contributed by atoms with Crippen LogP contribution < -0.4 is 10.7 Å². The number of fused-ring (bicyclic) bond motifs is 1. The van der Waals surface area contributed by atoms with Crippen molar-refractivity contribution < 1.29 is 14.7 Å². The van der Waals surface area contributed by atoms with Crippen molar-refractivity contribution in [2.45, 2.75) is 13.3 Å². The van der Waals surface area contributed by atoms with Gasteiger partial charge in [0, 0.05) is 5.69 Å². The number of aromatic carboxylic acids is 1. The lowest BCUT2D eigenvalue weighted by Gasteiger charge is -2.07. The predicted molar refractivity (Wildman–Crippen MR) is 93.0 cm³/mol. The Labute approximate surface area is 143 Å². The van der Waals surface area contributed by atoms with E-state index in [0.717, 1.165) is 16.8 Å². The molecule has 1 heterocycles. The summed E-state index contributed by atoms with van der Waals surface area (Å²) < 4.78 is 0. The number of anilines is 2. The number of carboxylic acid groups (broad SMARTS) is 1. The monoisotopic (exact) mass is 343 g/mol. The molecule has 0 aliphatic carbocycles. The molecule has 1 amide bonds. The smallest absolute Gasteiger partial charge is 0.337 e. The molecule has 0 fully saturated rings. The first-order valence-electron chi connectivity index (χ1n) is 7.20. The summed E-state index contributed by atoms with van der Waals surface area (Å²) in [4.78, 5) is 22.5. The maximum Gasteiger partial charge on any atom is 0.337 e. The van der Waals surface area contributed by atoms with Crippen LogP contribution in [0.1, 0.15) is 28.4 Å². The fraction of sp³-hybridized carbons (Fsp3) is 0.118. The molecule has 6 nitrogen and oxygen atoms in total. The normalized spacial score (nSPS) is 13.4. The van der Waals surface area contributed by atoms with Crippen molar-refractivity contribution in [2.75, 3.05) is 10.7 Å². The van der Waals surface area contributed by atoms with Gasteiger partial charge in [-0.25, -0.2) is 4.79 Å². The van der Waals surface area contributed by atoms with Crippen LogP contribution in [0.25, 0.3) is 0 Å². The zero-order valence-electron chi connectivity index (χ0n) is 12.8. The van der Waals surface area contributed by atoms with Gasteiger partial charge in [0.15, 0.2) is 0 Å². The molecule has 7 heteroatoms. The molecule has 1 aliphatic rings. The zero-order valence-corrected chi connectivity index (χ0v) is 13.5. The highest BCUT2D eigenvalue weighted by molar-refractivity contribution is 6.33. The van der Waals surface area contributed by atoms with Crippen LogP contribution in [0.2, 0.25) is 5.02 Å². The summed E-state index contributed by atoms with van der Waals surface area (Å²) >= 11 is 5.84. The Hall–Kier alpha value is -2.86. The topological polar surface area (TPSA) is 90.8 Å². The molecule has 0 unspecified atom stereocenters. The van der Waals surface area contributed by atoms with Crippen molar-refractivity contribution in [1.29, 1.82) is 0 Å². The standard InChI is InChI=1S/C17H14ClN3O3/c1-9(10-2-5-15-11(6-10)7-16(22)19-15)20-21-12-3-4-14(18)13(8-12)17(23)24/h2-6,8,21H,7H2,1H3,(H,19,22)(H,23,24). The number of nitrogens with one attached hydrogen (secondary N) is 2. The summed E-state index contributed by atoms with van der Waals surface area (Å²) in [5.41, 5.74) is 6.71. The maximum atomic E-state index is 11.4. The van der Waals surface area contributed by atoms with E-state index in [-0.39, 0.29) is 16.5 Å². The van der Waals surface area contributed by atoms with Gasteiger partial charge in [0.05, 0.1) is 28.4 Å². The first kappa shape index (κ1) is 16.0. The minimum atomic E-state index is -1.10. The molecule has 2 aromatic carbocycles. The third kappa shape index (κ3) is 3.23. The minimum Gasteiger partial charge on any atom is -0.478 e. The fourth-order valence-electron chi connectivity index (χ4n) is 2.43. The molecular formula is C17H14ClN3O3. The van der Waals surface area contributed by atoms with Crippen molar-refractivity contribution in [2.24, 2.45) is 5.10 Å². The molecule has 1 aliphatic heterocycles. The molecule has 3 N–H and O–H groups in total. The molecule has 0 atom stereocenters. The van der Waals surface area contributed by atoms with Crippen molar-refractivity contribution in [3.63, 3.8) is 0 Å². The average Bonchev–Trinajstić information content (AvgIpc) is 2.92. The van der Waals surface area contributed by atoms with E-state index in [1.807, 2.05) is 25.1 Å². The van der Waals surface area contributed by atoms with Crippen molar-refractivity contribution in [3.8, 4) is 0 Å². The number of hydrazone groups is 1. The molecule has 2 aromatic rings. The van der Waals surface area contributed by atoms with Gasteiger partial charge in [-0.3, -0.25) is 10.2 Å². The van der Waals surface area contributed by atoms with Crippen LogP contribution in [-0.2, 0) is 11.2 Å². The van der Waals surface area contributed by atoms with Gasteiger partial charge in [0.25, 0.3) is 0 Å². The summed E-state index contributed by atoms with van der Waals surface area (Å²) in [6.07, 6.45) is 0.364. The van der Waals surface area contributed by atoms with E-state index in [1.54, 1.807) is 6.07 Å². The van der Waals surface area contributed by atoms with Gasteiger partial charge in [0.1, 0.15) is 0 Å². The first-order valence-corrected chi connectivity index (χ1v) is 7.58. The lowest BCUT2D eigenvalue weighted by Crippen LogP contribution is -2.03. The van der Waals surface area contributed by atoms with Gasteiger partial charge in [-0.05, 0) is 48.4 Å². The van der Waals surface area contributed by atoms with Gasteiger partial charge in [-0.1, -0.05) is 17.7 Å². The van der Waals surface area contributed by atoms with Crippen LogP contribution >= 0.6 is 11.6 Å². The second kappa shape index (κ2) is 6.33. The van der Waals surface area contributed by atoms with E-state index >= 15 is 0 Å². The number of amides is 1. The Morgan fingerprint density at radius 3 is 2.83 bits per heavy atom. The van der Waals surface area contributed by atoms with Crippen LogP contribution in [0.4, 0.5) is 11.4 Å². The number of rotatable bonds is 4. The lowest BCUT2D eigenvalue weighted by molar-refractivity contribution is -0.115. The summed E-state index contributed by atoms with van der Waals surface area (Å²) in [6, 6.07) is 10.2. The highest BCUT2D eigenvalue weighted by Crippen LogP contribution is 2.24. The number of carbonyl (C=O) groups excluding carboxylic acids is 1. The molecule has 0 bridgehead atoms. The number of halogens is 1. The van der Waals surface area contributed by atoms with Crippen LogP contribution in [0.5, 0.6) is 0 Å². The molecule has 0 saturated carbocycles. The number of benzene rings is 2. The van der Waals surface area contributed by atoms with E-state index in [0.29, 0.717) is 17.8 Å². The van der Waals surface area contributed by atoms with Gasteiger partial charge >= 0.3 is 5.97 Å². The number of carbonyl (C=O) groups is 2. The quantitative estimate of drug-likeness (QED) is 0.586. The minimum absolute atomic E-state index is 0.0108. The molecule has 0 aromatic heterocycles. The fourth-order valence-corrected chi connectivity index (χ4v) is 2.62. The SMILES string of the molecule is CC(=NNc1ccc(Cl)c(C(=O)O)c1)c1ccc2c(c1)CC(=O)N2. The molecule has 24 heavy (non-hydrogen) atoms. The van der Waals surface area contributed by atoms with Gasteiger partial charge in [-0.2, -0.15) is 5.10 Å². The van der Waals surface area contributed by atoms with Crippen LogP contribution in [0.15, 0.2) is 41.5 Å². The van der Waals surface area contributed by atoms with Crippen LogP contribution in [0.3, 0.4) is 0 Å². The van der Waals surface area contributed by atoms with Gasteiger partial charge in [-0.15, -0.1) is 0 Å². The Morgan fingerprint density at radius 1 is 1.29 bits per heavy atom. The van der Waals surface area contributed by atoms with Crippen molar-refractivity contribution >= 4 is 40.6 Å². The highest BCUT2D eigenvalue weighted by Gasteiger charge is 2.17. The van der Waals surface area contributed by atoms with E-state index in [4.69, 9.17) is 16.7 Å². The molecular weight excluding hydrogens is 330 g/mol. The molecule has 0 spiro atoms. The Morgan fingerprint density at radius 2 is 2.08 bits per heavy atom. The maximum absolute atomic E-state index is 11.4. The van der Waals surface area contributed by atoms with Crippen LogP contribution in [0, 0.1) is 0 Å². The summed E-state index contributed by atoms with van der Waals surface area (Å²) in [5.74, 6) is -1.11. The average molecular weight is 344 g/mol. The molecule has 3 rings (SSSR count). The Bertz CT molecular complexity index is 877. The lowest BCUT2D eigenvalue weighted by atomic mass is 10.1. The Kier molecular flexibility index (Phi) is 4.22. The number of hydrogen-bond acceptors (Lipinski definition) is 4. The molecule has 0 radical (unpaired) electrons. The summed E-state index contributed by atoms with van der Waals surface area (Å²) in [7, 11) is 0. The molecule has 122 valence electrons. The van der Waals surface area contributed by atoms with Gasteiger partial charge < -0.3 is 10.4 Å². The first-order chi connectivity index (χ1) is 11.4. The second-order valence-electron chi connectivity index (χ2n) is 5.41. The predicted octanol–water partition coefficient (Wildman–Crippen LogP) is 3.37. The second-order valence-corrected chi connectivity index (χ2v) is 5.81. The third-order valence-corrected chi connectivity index (χ3v) is 4.03. The number of carboxylic acids is 1. The zero-order chi connectivity index (χ0) is 17.3.